The SMILES string of the molecule is CCN(CC)CCCNC(=O)NCC1CCCC1. The monoisotopic (exact) mass is 255 g/mol. The van der Waals surface area contributed by atoms with Gasteiger partial charge >= 0.3 is 6.03 Å². The van der Waals surface area contributed by atoms with Crippen molar-refractivity contribution in [1.29, 1.82) is 0 Å². The third-order valence-electron chi connectivity index (χ3n) is 3.86. The third-order valence-corrected chi connectivity index (χ3v) is 3.86. The summed E-state index contributed by atoms with van der Waals surface area (Å²) < 4.78 is 0. The molecule has 1 aliphatic rings. The molecule has 0 unspecified atom stereocenters. The number of carbonyl (C=O) groups excluding carboxylic acids is 1. The first-order valence-electron chi connectivity index (χ1n) is 7.50. The highest BCUT2D eigenvalue weighted by Crippen LogP contribution is 2.23. The Morgan fingerprint density at radius 1 is 1.17 bits per heavy atom. The Balaban J connectivity index is 1.96. The van der Waals surface area contributed by atoms with Gasteiger partial charge < -0.3 is 15.5 Å². The molecule has 4 heteroatoms. The van der Waals surface area contributed by atoms with Crippen molar-refractivity contribution in [2.24, 2.45) is 5.92 Å². The molecule has 0 radical (unpaired) electrons. The van der Waals surface area contributed by atoms with Crippen LogP contribution in [0.4, 0.5) is 4.79 Å². The zero-order valence-electron chi connectivity index (χ0n) is 12.0. The maximum atomic E-state index is 11.5. The van der Waals surface area contributed by atoms with Crippen LogP contribution in [0.15, 0.2) is 0 Å². The summed E-state index contributed by atoms with van der Waals surface area (Å²) in [6.45, 7) is 9.20. The summed E-state index contributed by atoms with van der Waals surface area (Å²) in [5, 5.41) is 5.91. The molecule has 0 bridgehead atoms. The lowest BCUT2D eigenvalue weighted by atomic mass is 10.1. The molecule has 0 aromatic heterocycles. The van der Waals surface area contributed by atoms with Crippen molar-refractivity contribution in [3.63, 3.8) is 0 Å². The molecule has 0 aromatic rings. The summed E-state index contributed by atoms with van der Waals surface area (Å²) in [4.78, 5) is 13.9. The largest absolute Gasteiger partial charge is 0.338 e. The lowest BCUT2D eigenvalue weighted by molar-refractivity contribution is 0.237. The van der Waals surface area contributed by atoms with E-state index in [2.05, 4.69) is 29.4 Å². The number of urea groups is 1. The molecule has 0 saturated heterocycles. The van der Waals surface area contributed by atoms with Crippen LogP contribution in [0.1, 0.15) is 46.0 Å². The molecular weight excluding hydrogens is 226 g/mol. The van der Waals surface area contributed by atoms with E-state index in [0.29, 0.717) is 5.92 Å². The standard InChI is InChI=1S/C14H29N3O/c1-3-17(4-2)11-7-10-15-14(18)16-12-13-8-5-6-9-13/h13H,3-12H2,1-2H3,(H2,15,16,18). The minimum absolute atomic E-state index is 0.00134. The van der Waals surface area contributed by atoms with Gasteiger partial charge in [0.2, 0.25) is 0 Å². The molecule has 1 fully saturated rings. The van der Waals surface area contributed by atoms with Gasteiger partial charge in [0.25, 0.3) is 0 Å². The van der Waals surface area contributed by atoms with E-state index in [1.54, 1.807) is 0 Å². The summed E-state index contributed by atoms with van der Waals surface area (Å²) in [6.07, 6.45) is 6.25. The normalized spacial score (nSPS) is 16.2. The molecule has 1 aliphatic carbocycles. The predicted octanol–water partition coefficient (Wildman–Crippen LogP) is 2.21. The summed E-state index contributed by atoms with van der Waals surface area (Å²) >= 11 is 0. The van der Waals surface area contributed by atoms with E-state index in [9.17, 15) is 4.79 Å². The number of carbonyl (C=O) groups is 1. The van der Waals surface area contributed by atoms with E-state index >= 15 is 0 Å². The summed E-state index contributed by atoms with van der Waals surface area (Å²) in [5.74, 6) is 0.714. The van der Waals surface area contributed by atoms with Crippen LogP contribution in [0.3, 0.4) is 0 Å². The average molecular weight is 255 g/mol. The van der Waals surface area contributed by atoms with Gasteiger partial charge in [-0.3, -0.25) is 0 Å². The first kappa shape index (κ1) is 15.3. The Labute approximate surface area is 111 Å². The maximum absolute atomic E-state index is 11.5. The van der Waals surface area contributed by atoms with Crippen LogP contribution in [0, 0.1) is 5.92 Å². The molecule has 0 aromatic carbocycles. The van der Waals surface area contributed by atoms with Crippen LogP contribution in [-0.2, 0) is 0 Å². The van der Waals surface area contributed by atoms with E-state index in [4.69, 9.17) is 0 Å². The highest BCUT2D eigenvalue weighted by molar-refractivity contribution is 5.73. The molecule has 2 N–H and O–H groups in total. The minimum atomic E-state index is 0.00134. The predicted molar refractivity (Wildman–Crippen MR) is 75.8 cm³/mol. The number of nitrogens with one attached hydrogen (secondary N) is 2. The summed E-state index contributed by atoms with van der Waals surface area (Å²) in [6, 6.07) is 0.00134. The van der Waals surface area contributed by atoms with Gasteiger partial charge in [0.15, 0.2) is 0 Å². The highest BCUT2D eigenvalue weighted by atomic mass is 16.2. The quantitative estimate of drug-likeness (QED) is 0.653. The summed E-state index contributed by atoms with van der Waals surface area (Å²) in [7, 11) is 0. The topological polar surface area (TPSA) is 44.4 Å². The molecule has 1 rings (SSSR count). The Kier molecular flexibility index (Phi) is 7.81. The Bertz CT molecular complexity index is 223. The molecule has 2 amide bonds. The van der Waals surface area contributed by atoms with Crippen molar-refractivity contribution >= 4 is 6.03 Å². The van der Waals surface area contributed by atoms with Gasteiger partial charge in [-0.05, 0) is 44.8 Å². The van der Waals surface area contributed by atoms with Crippen molar-refractivity contribution in [2.45, 2.75) is 46.0 Å². The molecule has 1 saturated carbocycles. The first-order chi connectivity index (χ1) is 8.76. The van der Waals surface area contributed by atoms with Crippen molar-refractivity contribution in [1.82, 2.24) is 15.5 Å². The molecule has 0 heterocycles. The van der Waals surface area contributed by atoms with E-state index in [-0.39, 0.29) is 6.03 Å². The Morgan fingerprint density at radius 2 is 1.83 bits per heavy atom. The van der Waals surface area contributed by atoms with Crippen molar-refractivity contribution in [3.05, 3.63) is 0 Å². The van der Waals surface area contributed by atoms with Crippen LogP contribution < -0.4 is 10.6 Å². The lowest BCUT2D eigenvalue weighted by Crippen LogP contribution is -2.39. The fourth-order valence-corrected chi connectivity index (χ4v) is 2.56. The fourth-order valence-electron chi connectivity index (χ4n) is 2.56. The lowest BCUT2D eigenvalue weighted by Gasteiger charge is -2.18. The van der Waals surface area contributed by atoms with Crippen LogP contribution in [-0.4, -0.2) is 43.7 Å². The van der Waals surface area contributed by atoms with Crippen molar-refractivity contribution < 1.29 is 4.79 Å². The molecule has 18 heavy (non-hydrogen) atoms. The van der Waals surface area contributed by atoms with E-state index < -0.39 is 0 Å². The zero-order valence-corrected chi connectivity index (χ0v) is 12.0. The Hall–Kier alpha value is -0.770. The number of rotatable bonds is 8. The maximum Gasteiger partial charge on any atom is 0.314 e. The molecular formula is C14H29N3O. The number of amides is 2. The van der Waals surface area contributed by atoms with Crippen LogP contribution >= 0.6 is 0 Å². The average Bonchev–Trinajstić information content (AvgIpc) is 2.90. The van der Waals surface area contributed by atoms with Gasteiger partial charge in [0.05, 0.1) is 0 Å². The van der Waals surface area contributed by atoms with Gasteiger partial charge in [0, 0.05) is 13.1 Å². The van der Waals surface area contributed by atoms with Crippen LogP contribution in [0.5, 0.6) is 0 Å². The first-order valence-corrected chi connectivity index (χ1v) is 7.50. The fraction of sp³-hybridized carbons (Fsp3) is 0.929. The van der Waals surface area contributed by atoms with E-state index in [0.717, 1.165) is 39.1 Å². The van der Waals surface area contributed by atoms with Crippen LogP contribution in [0.2, 0.25) is 0 Å². The zero-order chi connectivity index (χ0) is 13.2. The smallest absolute Gasteiger partial charge is 0.314 e. The van der Waals surface area contributed by atoms with Gasteiger partial charge in [-0.2, -0.15) is 0 Å². The Morgan fingerprint density at radius 3 is 2.44 bits per heavy atom. The molecule has 106 valence electrons. The molecule has 0 aliphatic heterocycles. The van der Waals surface area contributed by atoms with Gasteiger partial charge in [-0.15, -0.1) is 0 Å². The summed E-state index contributed by atoms with van der Waals surface area (Å²) in [5.41, 5.74) is 0. The van der Waals surface area contributed by atoms with E-state index in [1.807, 2.05) is 0 Å². The second-order valence-electron chi connectivity index (χ2n) is 5.17. The molecule has 4 nitrogen and oxygen atoms in total. The van der Waals surface area contributed by atoms with Gasteiger partial charge in [0.1, 0.15) is 0 Å². The van der Waals surface area contributed by atoms with E-state index in [1.165, 1.54) is 25.7 Å². The second-order valence-corrected chi connectivity index (χ2v) is 5.17. The molecule has 0 atom stereocenters. The number of nitrogens with zero attached hydrogens (tertiary/aromatic N) is 1. The van der Waals surface area contributed by atoms with Crippen molar-refractivity contribution in [2.75, 3.05) is 32.7 Å². The minimum Gasteiger partial charge on any atom is -0.338 e. The second kappa shape index (κ2) is 9.20. The highest BCUT2D eigenvalue weighted by Gasteiger charge is 2.15. The molecule has 0 spiro atoms. The van der Waals surface area contributed by atoms with Gasteiger partial charge in [-0.25, -0.2) is 4.79 Å². The number of hydrogen-bond donors (Lipinski definition) is 2. The van der Waals surface area contributed by atoms with Crippen LogP contribution in [0.25, 0.3) is 0 Å². The third kappa shape index (κ3) is 6.24. The van der Waals surface area contributed by atoms with Gasteiger partial charge in [-0.1, -0.05) is 26.7 Å². The number of hydrogen-bond acceptors (Lipinski definition) is 2. The van der Waals surface area contributed by atoms with Crippen molar-refractivity contribution in [3.8, 4) is 0 Å².